The van der Waals surface area contributed by atoms with Crippen molar-refractivity contribution in [3.8, 4) is 0 Å². The molecule has 1 N–H and O–H groups in total. The fraction of sp³-hybridized carbons (Fsp3) is 0.440. The molecular formula is C25H34FN3O4S. The monoisotopic (exact) mass is 491 g/mol. The van der Waals surface area contributed by atoms with Crippen LogP contribution >= 0.6 is 0 Å². The molecule has 0 saturated carbocycles. The van der Waals surface area contributed by atoms with Crippen LogP contribution < -0.4 is 9.62 Å². The molecule has 2 amide bonds. The molecule has 0 aliphatic carbocycles. The Morgan fingerprint density at radius 3 is 2.21 bits per heavy atom. The molecule has 0 fully saturated rings. The number of para-hydroxylation sites is 1. The van der Waals surface area contributed by atoms with Crippen LogP contribution in [0.1, 0.15) is 39.2 Å². The molecule has 34 heavy (non-hydrogen) atoms. The summed E-state index contributed by atoms with van der Waals surface area (Å²) in [6.45, 7) is 6.35. The molecule has 0 bridgehead atoms. The van der Waals surface area contributed by atoms with E-state index < -0.39 is 21.9 Å². The lowest BCUT2D eigenvalue weighted by Crippen LogP contribution is -2.48. The molecule has 0 radical (unpaired) electrons. The van der Waals surface area contributed by atoms with Crippen molar-refractivity contribution in [1.29, 1.82) is 0 Å². The third-order valence-corrected chi connectivity index (χ3v) is 6.50. The maximum atomic E-state index is 14.2. The quantitative estimate of drug-likeness (QED) is 0.492. The van der Waals surface area contributed by atoms with Gasteiger partial charge in [-0.3, -0.25) is 13.9 Å². The molecule has 0 spiro atoms. The van der Waals surface area contributed by atoms with Crippen LogP contribution in [-0.2, 0) is 26.2 Å². The molecule has 0 unspecified atom stereocenters. The number of anilines is 1. The number of hydrogen-bond donors (Lipinski definition) is 1. The van der Waals surface area contributed by atoms with Crippen molar-refractivity contribution in [1.82, 2.24) is 10.2 Å². The summed E-state index contributed by atoms with van der Waals surface area (Å²) >= 11 is 0. The van der Waals surface area contributed by atoms with E-state index in [9.17, 15) is 22.4 Å². The highest BCUT2D eigenvalue weighted by Crippen LogP contribution is 2.22. The first-order valence-corrected chi connectivity index (χ1v) is 13.2. The van der Waals surface area contributed by atoms with Gasteiger partial charge in [-0.15, -0.1) is 0 Å². The van der Waals surface area contributed by atoms with Crippen LogP contribution in [0.15, 0.2) is 54.6 Å². The standard InChI is InChI=1S/C25H34FN3O4S/c1-19(2)17-27-25(31)20(3)28(18-21-11-6-5-7-12-21)24(30)15-10-16-29(34(4,32)33)23-14-9-8-13-22(23)26/h5-9,11-14,19-20H,10,15-18H2,1-4H3,(H,27,31)/t20-/m0/s1. The van der Waals surface area contributed by atoms with E-state index in [0.29, 0.717) is 6.54 Å². The number of nitrogens with zero attached hydrogens (tertiary/aromatic N) is 2. The predicted octanol–water partition coefficient (Wildman–Crippen LogP) is 3.56. The van der Waals surface area contributed by atoms with Crippen LogP contribution in [0.3, 0.4) is 0 Å². The van der Waals surface area contributed by atoms with Gasteiger partial charge >= 0.3 is 0 Å². The SMILES string of the molecule is CC(C)CNC(=O)[C@H](C)N(Cc1ccccc1)C(=O)CCCN(c1ccccc1F)S(C)(=O)=O. The van der Waals surface area contributed by atoms with Crippen molar-refractivity contribution in [2.24, 2.45) is 5.92 Å². The lowest BCUT2D eigenvalue weighted by molar-refractivity contribution is -0.140. The van der Waals surface area contributed by atoms with E-state index in [1.54, 1.807) is 13.0 Å². The number of carbonyl (C=O) groups excluding carboxylic acids is 2. The van der Waals surface area contributed by atoms with Gasteiger partial charge in [-0.05, 0) is 37.0 Å². The summed E-state index contributed by atoms with van der Waals surface area (Å²) in [6, 6.07) is 14.3. The molecule has 2 rings (SSSR count). The summed E-state index contributed by atoms with van der Waals surface area (Å²) in [5.74, 6) is -0.907. The molecule has 186 valence electrons. The number of rotatable bonds is 12. The minimum atomic E-state index is -3.75. The van der Waals surface area contributed by atoms with Crippen LogP contribution in [0.5, 0.6) is 0 Å². The third kappa shape index (κ3) is 8.13. The number of sulfonamides is 1. The highest BCUT2D eigenvalue weighted by molar-refractivity contribution is 7.92. The van der Waals surface area contributed by atoms with Crippen molar-refractivity contribution in [2.75, 3.05) is 23.7 Å². The summed E-state index contributed by atoms with van der Waals surface area (Å²) in [4.78, 5) is 27.4. The van der Waals surface area contributed by atoms with E-state index >= 15 is 0 Å². The second-order valence-corrected chi connectivity index (χ2v) is 10.6. The zero-order valence-corrected chi connectivity index (χ0v) is 21.0. The molecule has 0 aliphatic rings. The Hall–Kier alpha value is -2.94. The highest BCUT2D eigenvalue weighted by Gasteiger charge is 2.27. The van der Waals surface area contributed by atoms with Gasteiger partial charge in [0.1, 0.15) is 11.9 Å². The fourth-order valence-corrected chi connectivity index (χ4v) is 4.42. The van der Waals surface area contributed by atoms with Gasteiger partial charge in [0.25, 0.3) is 0 Å². The normalized spacial score (nSPS) is 12.3. The molecular weight excluding hydrogens is 457 g/mol. The molecule has 7 nitrogen and oxygen atoms in total. The van der Waals surface area contributed by atoms with Crippen LogP contribution in [-0.4, -0.2) is 50.5 Å². The molecule has 0 aliphatic heterocycles. The minimum absolute atomic E-state index is 0.00903. The van der Waals surface area contributed by atoms with Gasteiger partial charge < -0.3 is 10.2 Å². The van der Waals surface area contributed by atoms with E-state index in [0.717, 1.165) is 16.1 Å². The lowest BCUT2D eigenvalue weighted by Gasteiger charge is -2.29. The summed E-state index contributed by atoms with van der Waals surface area (Å²) in [5.41, 5.74) is 0.823. The van der Waals surface area contributed by atoms with E-state index in [1.165, 1.54) is 23.1 Å². The first-order valence-electron chi connectivity index (χ1n) is 11.3. The number of benzene rings is 2. The zero-order valence-electron chi connectivity index (χ0n) is 20.2. The molecule has 2 aromatic carbocycles. The summed E-state index contributed by atoms with van der Waals surface area (Å²) in [7, 11) is -3.75. The summed E-state index contributed by atoms with van der Waals surface area (Å²) in [6.07, 6.45) is 1.19. The molecule has 0 aromatic heterocycles. The van der Waals surface area contributed by atoms with Crippen molar-refractivity contribution in [2.45, 2.75) is 46.2 Å². The fourth-order valence-electron chi connectivity index (χ4n) is 3.45. The number of nitrogens with one attached hydrogen (secondary N) is 1. The maximum Gasteiger partial charge on any atom is 0.242 e. The van der Waals surface area contributed by atoms with E-state index in [2.05, 4.69) is 5.32 Å². The Labute approximate surface area is 202 Å². The second-order valence-electron chi connectivity index (χ2n) is 8.71. The van der Waals surface area contributed by atoms with Crippen molar-refractivity contribution in [3.63, 3.8) is 0 Å². The largest absolute Gasteiger partial charge is 0.354 e. The smallest absolute Gasteiger partial charge is 0.242 e. The number of hydrogen-bond acceptors (Lipinski definition) is 4. The van der Waals surface area contributed by atoms with Gasteiger partial charge in [0.05, 0.1) is 11.9 Å². The zero-order chi connectivity index (χ0) is 25.3. The second kappa shape index (κ2) is 12.5. The molecule has 0 saturated heterocycles. The predicted molar refractivity (Wildman–Crippen MR) is 132 cm³/mol. The van der Waals surface area contributed by atoms with Gasteiger partial charge in [-0.25, -0.2) is 12.8 Å². The average molecular weight is 492 g/mol. The van der Waals surface area contributed by atoms with E-state index in [1.807, 2.05) is 44.2 Å². The van der Waals surface area contributed by atoms with Crippen LogP contribution in [0.4, 0.5) is 10.1 Å². The van der Waals surface area contributed by atoms with Crippen molar-refractivity contribution >= 4 is 27.5 Å². The van der Waals surface area contributed by atoms with Gasteiger partial charge in [-0.2, -0.15) is 0 Å². The summed E-state index contributed by atoms with van der Waals surface area (Å²) < 4.78 is 39.7. The Morgan fingerprint density at radius 1 is 1.00 bits per heavy atom. The van der Waals surface area contributed by atoms with E-state index in [-0.39, 0.29) is 49.4 Å². The lowest BCUT2D eigenvalue weighted by atomic mass is 10.1. The van der Waals surface area contributed by atoms with Crippen LogP contribution in [0, 0.1) is 11.7 Å². The van der Waals surface area contributed by atoms with Crippen LogP contribution in [0.25, 0.3) is 0 Å². The number of halogens is 1. The first kappa shape index (κ1) is 27.3. The first-order chi connectivity index (χ1) is 16.0. The molecule has 0 heterocycles. The van der Waals surface area contributed by atoms with Crippen LogP contribution in [0.2, 0.25) is 0 Å². The Bertz CT molecular complexity index is 1060. The van der Waals surface area contributed by atoms with Gasteiger partial charge in [0.2, 0.25) is 21.8 Å². The Balaban J connectivity index is 2.14. The minimum Gasteiger partial charge on any atom is -0.354 e. The molecule has 2 aromatic rings. The third-order valence-electron chi connectivity index (χ3n) is 5.32. The average Bonchev–Trinajstić information content (AvgIpc) is 2.78. The summed E-state index contributed by atoms with van der Waals surface area (Å²) in [5, 5.41) is 2.86. The molecule has 9 heteroatoms. The van der Waals surface area contributed by atoms with Crippen molar-refractivity contribution < 1.29 is 22.4 Å². The highest BCUT2D eigenvalue weighted by atomic mass is 32.2. The topological polar surface area (TPSA) is 86.8 Å². The molecule has 1 atom stereocenters. The van der Waals surface area contributed by atoms with Gasteiger partial charge in [-0.1, -0.05) is 56.3 Å². The Morgan fingerprint density at radius 2 is 1.62 bits per heavy atom. The number of carbonyl (C=O) groups is 2. The van der Waals surface area contributed by atoms with Crippen molar-refractivity contribution in [3.05, 3.63) is 66.0 Å². The number of amides is 2. The van der Waals surface area contributed by atoms with E-state index in [4.69, 9.17) is 0 Å². The van der Waals surface area contributed by atoms with Gasteiger partial charge in [0.15, 0.2) is 0 Å². The van der Waals surface area contributed by atoms with Gasteiger partial charge in [0, 0.05) is 26.1 Å². The maximum absolute atomic E-state index is 14.2. The Kier molecular flexibility index (Phi) is 10.0.